The lowest BCUT2D eigenvalue weighted by atomic mass is 9.77. The molecular weight excluding hydrogens is 639 g/mol. The van der Waals surface area contributed by atoms with E-state index in [-0.39, 0.29) is 52.2 Å². The predicted molar refractivity (Wildman–Crippen MR) is 158 cm³/mol. The number of hydrogen-bond donors (Lipinski definition) is 2. The van der Waals surface area contributed by atoms with E-state index < -0.39 is 60.8 Å². The molecule has 45 heavy (non-hydrogen) atoms. The molecule has 238 valence electrons. The van der Waals surface area contributed by atoms with Gasteiger partial charge in [-0.1, -0.05) is 23.7 Å². The Morgan fingerprint density at radius 3 is 2.44 bits per heavy atom. The number of carbonyl (C=O) groups is 1. The van der Waals surface area contributed by atoms with Gasteiger partial charge in [0, 0.05) is 35.5 Å². The first-order chi connectivity index (χ1) is 21.2. The van der Waals surface area contributed by atoms with E-state index in [1.807, 2.05) is 6.92 Å². The number of sulfone groups is 1. The van der Waals surface area contributed by atoms with Gasteiger partial charge >= 0.3 is 0 Å². The Morgan fingerprint density at radius 1 is 1.16 bits per heavy atom. The van der Waals surface area contributed by atoms with Crippen LogP contribution in [0.2, 0.25) is 5.02 Å². The van der Waals surface area contributed by atoms with Crippen molar-refractivity contribution < 1.29 is 41.3 Å². The molecule has 5 atom stereocenters. The second-order valence-electron chi connectivity index (χ2n) is 11.4. The van der Waals surface area contributed by atoms with Crippen LogP contribution in [0.5, 0.6) is 0 Å². The summed E-state index contributed by atoms with van der Waals surface area (Å²) in [4.78, 5) is 28.1. The van der Waals surface area contributed by atoms with Gasteiger partial charge in [0.15, 0.2) is 27.3 Å². The van der Waals surface area contributed by atoms with E-state index in [4.69, 9.17) is 16.4 Å². The van der Waals surface area contributed by atoms with Crippen molar-refractivity contribution in [1.29, 1.82) is 0 Å². The summed E-state index contributed by atoms with van der Waals surface area (Å²) in [5.41, 5.74) is -1.42. The normalized spacial score (nSPS) is 24.5. The van der Waals surface area contributed by atoms with Gasteiger partial charge in [-0.25, -0.2) is 21.6 Å². The monoisotopic (exact) mass is 665 g/mol. The van der Waals surface area contributed by atoms with Crippen LogP contribution in [0, 0.1) is 45.3 Å². The van der Waals surface area contributed by atoms with Gasteiger partial charge in [-0.2, -0.15) is 0 Å². The highest BCUT2D eigenvalue weighted by Crippen LogP contribution is 2.53. The SMILES string of the molecule is C[C@@H]1C[C@H]2C[C@](O)(/C=N/OCc3ccc([N+](=O)[O-])cc3)CC1C2S(=O)(=O)c1cc(C(=O)Nc2cc(F)c(F)c(F)c2)ccc1Cl. The quantitative estimate of drug-likeness (QED) is 0.122. The van der Waals surface area contributed by atoms with Crippen LogP contribution in [0.1, 0.15) is 42.1 Å². The highest BCUT2D eigenvalue weighted by atomic mass is 35.5. The smallest absolute Gasteiger partial charge is 0.269 e. The van der Waals surface area contributed by atoms with Gasteiger partial charge in [-0.05, 0) is 72.9 Å². The molecule has 0 radical (unpaired) electrons. The molecule has 5 rings (SSSR count). The van der Waals surface area contributed by atoms with Crippen LogP contribution in [0.25, 0.3) is 0 Å². The third-order valence-corrected chi connectivity index (χ3v) is 11.2. The van der Waals surface area contributed by atoms with Crippen LogP contribution in [0.3, 0.4) is 0 Å². The Morgan fingerprint density at radius 2 is 1.82 bits per heavy atom. The molecule has 0 spiro atoms. The van der Waals surface area contributed by atoms with Crippen LogP contribution in [0.15, 0.2) is 64.6 Å². The van der Waals surface area contributed by atoms with Gasteiger partial charge in [0.05, 0.1) is 26.3 Å². The van der Waals surface area contributed by atoms with Gasteiger partial charge in [0.2, 0.25) is 0 Å². The lowest BCUT2D eigenvalue weighted by molar-refractivity contribution is -0.384. The second-order valence-corrected chi connectivity index (χ2v) is 13.9. The fourth-order valence-corrected chi connectivity index (χ4v) is 9.22. The zero-order valence-corrected chi connectivity index (χ0v) is 25.2. The number of rotatable bonds is 9. The van der Waals surface area contributed by atoms with Crippen LogP contribution in [0.4, 0.5) is 24.5 Å². The summed E-state index contributed by atoms with van der Waals surface area (Å²) in [5.74, 6) is -6.65. The zero-order chi connectivity index (χ0) is 32.7. The van der Waals surface area contributed by atoms with Crippen molar-refractivity contribution in [2.45, 2.75) is 48.5 Å². The number of nitrogens with zero attached hydrogens (tertiary/aromatic N) is 2. The van der Waals surface area contributed by atoms with Crippen molar-refractivity contribution in [2.24, 2.45) is 22.9 Å². The number of nitro benzene ring substituents is 1. The Bertz CT molecular complexity index is 1770. The molecule has 2 N–H and O–H groups in total. The molecule has 2 fully saturated rings. The summed E-state index contributed by atoms with van der Waals surface area (Å²) < 4.78 is 68.6. The van der Waals surface area contributed by atoms with Gasteiger partial charge in [0.25, 0.3) is 11.6 Å². The van der Waals surface area contributed by atoms with Gasteiger partial charge < -0.3 is 15.3 Å². The van der Waals surface area contributed by atoms with Crippen molar-refractivity contribution in [3.63, 3.8) is 0 Å². The topological polar surface area (TPSA) is 148 Å². The minimum atomic E-state index is -4.15. The number of aliphatic hydroxyl groups is 1. The van der Waals surface area contributed by atoms with E-state index in [2.05, 4.69) is 10.5 Å². The molecule has 0 heterocycles. The van der Waals surface area contributed by atoms with E-state index in [9.17, 15) is 41.6 Å². The molecule has 0 aromatic heterocycles. The number of oxime groups is 1. The average Bonchev–Trinajstić information content (AvgIpc) is 3.21. The first-order valence-corrected chi connectivity index (χ1v) is 15.7. The second kappa shape index (κ2) is 12.4. The van der Waals surface area contributed by atoms with Crippen molar-refractivity contribution >= 4 is 44.9 Å². The zero-order valence-electron chi connectivity index (χ0n) is 23.6. The molecule has 2 unspecified atom stereocenters. The van der Waals surface area contributed by atoms with E-state index in [1.54, 1.807) is 0 Å². The maximum absolute atomic E-state index is 14.0. The number of nitrogens with one attached hydrogen (secondary N) is 1. The maximum Gasteiger partial charge on any atom is 0.269 e. The summed E-state index contributed by atoms with van der Waals surface area (Å²) in [7, 11) is -4.15. The standard InChI is InChI=1S/C30H27ClF3N3O7S/c1-16-8-19-12-30(39,15-35-44-14-17-2-5-21(6-3-17)37(40)41)13-22(16)28(19)45(42,43)26-9-18(4-7-23(26)31)29(38)36-20-10-24(32)27(34)25(33)11-20/h2-7,9-11,15-16,19,22,28,39H,8,12-14H2,1H3,(H,36,38)/b35-15+/t16-,19+,22?,28?,30-/m1/s1. The number of benzene rings is 3. The minimum absolute atomic E-state index is 0.00169. The number of hydrogen-bond acceptors (Lipinski definition) is 8. The van der Waals surface area contributed by atoms with E-state index in [1.165, 1.54) is 42.6 Å². The number of halogens is 4. The highest BCUT2D eigenvalue weighted by molar-refractivity contribution is 7.92. The molecule has 1 amide bonds. The Labute approximate surface area is 260 Å². The number of nitro groups is 1. The Balaban J connectivity index is 1.31. The Kier molecular flexibility index (Phi) is 8.93. The van der Waals surface area contributed by atoms with Crippen molar-refractivity contribution in [3.8, 4) is 0 Å². The fourth-order valence-electron chi connectivity index (χ4n) is 6.31. The van der Waals surface area contributed by atoms with Crippen LogP contribution >= 0.6 is 11.6 Å². The Hall–Kier alpha value is -4.01. The minimum Gasteiger partial charge on any atom is -0.391 e. The summed E-state index contributed by atoms with van der Waals surface area (Å²) in [6.45, 7) is 1.89. The maximum atomic E-state index is 14.0. The number of anilines is 1. The number of carbonyl (C=O) groups excluding carboxylic acids is 1. The molecule has 2 aliphatic carbocycles. The summed E-state index contributed by atoms with van der Waals surface area (Å²) in [5, 5.41) is 27.2. The largest absolute Gasteiger partial charge is 0.391 e. The average molecular weight is 666 g/mol. The molecule has 2 bridgehead atoms. The first kappa shape index (κ1) is 32.4. The van der Waals surface area contributed by atoms with Crippen molar-refractivity contribution in [3.05, 3.63) is 98.3 Å². The lowest BCUT2D eigenvalue weighted by Gasteiger charge is -2.39. The van der Waals surface area contributed by atoms with Crippen LogP contribution < -0.4 is 5.32 Å². The first-order valence-electron chi connectivity index (χ1n) is 13.8. The lowest BCUT2D eigenvalue weighted by Crippen LogP contribution is -2.47. The molecule has 3 aromatic carbocycles. The van der Waals surface area contributed by atoms with Crippen molar-refractivity contribution in [2.75, 3.05) is 5.32 Å². The summed E-state index contributed by atoms with van der Waals surface area (Å²) >= 11 is 6.32. The van der Waals surface area contributed by atoms with E-state index >= 15 is 0 Å². The third kappa shape index (κ3) is 6.67. The molecule has 3 aromatic rings. The van der Waals surface area contributed by atoms with Crippen LogP contribution in [-0.2, 0) is 21.3 Å². The van der Waals surface area contributed by atoms with Gasteiger partial charge in [-0.15, -0.1) is 0 Å². The molecule has 0 aliphatic heterocycles. The molecule has 2 saturated carbocycles. The highest BCUT2D eigenvalue weighted by Gasteiger charge is 2.56. The summed E-state index contributed by atoms with van der Waals surface area (Å²) in [6.07, 6.45) is 1.90. The molecule has 0 saturated heterocycles. The molecular formula is C30H27ClF3N3O7S. The van der Waals surface area contributed by atoms with Gasteiger partial charge in [0.1, 0.15) is 12.2 Å². The van der Waals surface area contributed by atoms with E-state index in [0.29, 0.717) is 24.1 Å². The number of amides is 1. The molecule has 10 nitrogen and oxygen atoms in total. The van der Waals surface area contributed by atoms with E-state index in [0.717, 1.165) is 6.07 Å². The summed E-state index contributed by atoms with van der Waals surface area (Å²) in [6, 6.07) is 10.5. The fraction of sp³-hybridized carbons (Fsp3) is 0.333. The van der Waals surface area contributed by atoms with Crippen molar-refractivity contribution in [1.82, 2.24) is 0 Å². The molecule has 2 aliphatic rings. The third-order valence-electron chi connectivity index (χ3n) is 8.34. The number of non-ortho nitro benzene ring substituents is 1. The predicted octanol–water partition coefficient (Wildman–Crippen LogP) is 6.06. The van der Waals surface area contributed by atoms with Crippen LogP contribution in [-0.4, -0.2) is 41.4 Å². The van der Waals surface area contributed by atoms with Gasteiger partial charge in [-0.3, -0.25) is 14.9 Å². The number of fused-ring (bicyclic) bond motifs is 2. The molecule has 15 heteroatoms.